The first-order valence-electron chi connectivity index (χ1n) is 8.16. The van der Waals surface area contributed by atoms with Gasteiger partial charge in [-0.2, -0.15) is 0 Å². The van der Waals surface area contributed by atoms with Crippen molar-refractivity contribution in [1.29, 1.82) is 0 Å². The molecule has 0 spiro atoms. The molecule has 1 N–H and O–H groups in total. The number of rotatable bonds is 2. The Labute approximate surface area is 134 Å². The minimum atomic E-state index is 0.184. The number of benzene rings is 1. The van der Waals surface area contributed by atoms with Crippen LogP contribution >= 0.6 is 0 Å². The largest absolute Gasteiger partial charge is 0.381 e. The van der Waals surface area contributed by atoms with E-state index in [1.165, 1.54) is 22.3 Å². The predicted molar refractivity (Wildman–Crippen MR) is 95.3 cm³/mol. The molecule has 0 saturated carbocycles. The topological polar surface area (TPSA) is 12.0 Å². The highest BCUT2D eigenvalue weighted by molar-refractivity contribution is 5.75. The van der Waals surface area contributed by atoms with E-state index in [0.29, 0.717) is 0 Å². The predicted octanol–water partition coefficient (Wildman–Crippen LogP) is 5.55. The summed E-state index contributed by atoms with van der Waals surface area (Å²) in [6.45, 7) is 6.79. The lowest BCUT2D eigenvalue weighted by atomic mass is 9.83. The maximum Gasteiger partial charge on any atom is 0.0698 e. The standard InChI is InChI=1S/C21H25N/c1-21(2,3)19-12-13-22-20(15-19)18-11-7-10-17(14-18)16-8-5-4-6-9-16/h5,7-15,20,22H,4,6H2,1-3H3. The molecule has 0 bridgehead atoms. The Bertz CT molecular complexity index is 665. The van der Waals surface area contributed by atoms with Gasteiger partial charge in [-0.25, -0.2) is 0 Å². The van der Waals surface area contributed by atoms with Crippen molar-refractivity contribution < 1.29 is 0 Å². The Balaban J connectivity index is 1.90. The summed E-state index contributed by atoms with van der Waals surface area (Å²) in [5, 5.41) is 3.47. The molecule has 1 nitrogen and oxygen atoms in total. The van der Waals surface area contributed by atoms with Crippen LogP contribution in [0, 0.1) is 5.41 Å². The van der Waals surface area contributed by atoms with Gasteiger partial charge in [0, 0.05) is 0 Å². The molecule has 2 aliphatic rings. The van der Waals surface area contributed by atoms with Crippen molar-refractivity contribution in [2.45, 2.75) is 39.7 Å². The molecule has 1 aliphatic heterocycles. The summed E-state index contributed by atoms with van der Waals surface area (Å²) in [6.07, 6.45) is 15.8. The maximum absolute atomic E-state index is 3.47. The Kier molecular flexibility index (Phi) is 4.06. The van der Waals surface area contributed by atoms with Crippen LogP contribution < -0.4 is 5.32 Å². The van der Waals surface area contributed by atoms with Gasteiger partial charge in [0.1, 0.15) is 0 Å². The second kappa shape index (κ2) is 6.00. The molecule has 0 aromatic heterocycles. The zero-order valence-corrected chi connectivity index (χ0v) is 13.8. The molecular weight excluding hydrogens is 266 g/mol. The number of hydrogen-bond acceptors (Lipinski definition) is 1. The molecule has 0 fully saturated rings. The van der Waals surface area contributed by atoms with Gasteiger partial charge in [0.15, 0.2) is 0 Å². The minimum absolute atomic E-state index is 0.184. The van der Waals surface area contributed by atoms with Crippen molar-refractivity contribution in [3.8, 4) is 0 Å². The lowest BCUT2D eigenvalue weighted by molar-refractivity contribution is 0.505. The molecule has 0 amide bonds. The van der Waals surface area contributed by atoms with Crippen LogP contribution in [0.4, 0.5) is 0 Å². The number of dihydropyridines is 1. The SMILES string of the molecule is CC(C)(C)C1=CC(c2cccc(C3=CCCC=C3)c2)NC=C1. The molecule has 1 aromatic rings. The highest BCUT2D eigenvalue weighted by Crippen LogP contribution is 2.32. The summed E-state index contributed by atoms with van der Waals surface area (Å²) in [4.78, 5) is 0. The molecule has 1 heteroatoms. The average Bonchev–Trinajstić information content (AvgIpc) is 2.55. The summed E-state index contributed by atoms with van der Waals surface area (Å²) < 4.78 is 0. The van der Waals surface area contributed by atoms with Crippen LogP contribution in [-0.4, -0.2) is 0 Å². The Morgan fingerprint density at radius 2 is 1.95 bits per heavy atom. The van der Waals surface area contributed by atoms with E-state index in [4.69, 9.17) is 0 Å². The van der Waals surface area contributed by atoms with Crippen molar-refractivity contribution in [2.24, 2.45) is 5.41 Å². The van der Waals surface area contributed by atoms with E-state index in [2.05, 4.69) is 86.9 Å². The van der Waals surface area contributed by atoms with E-state index in [9.17, 15) is 0 Å². The van der Waals surface area contributed by atoms with E-state index < -0.39 is 0 Å². The smallest absolute Gasteiger partial charge is 0.0698 e. The van der Waals surface area contributed by atoms with Crippen LogP contribution in [-0.2, 0) is 0 Å². The zero-order chi connectivity index (χ0) is 15.6. The summed E-state index contributed by atoms with van der Waals surface area (Å²) >= 11 is 0. The highest BCUT2D eigenvalue weighted by Gasteiger charge is 2.20. The molecule has 1 aliphatic carbocycles. The van der Waals surface area contributed by atoms with Gasteiger partial charge in [0.2, 0.25) is 0 Å². The van der Waals surface area contributed by atoms with Crippen molar-refractivity contribution in [3.63, 3.8) is 0 Å². The van der Waals surface area contributed by atoms with Crippen molar-refractivity contribution >= 4 is 5.57 Å². The van der Waals surface area contributed by atoms with E-state index >= 15 is 0 Å². The second-order valence-corrected chi connectivity index (χ2v) is 7.11. The van der Waals surface area contributed by atoms with Crippen LogP contribution in [0.5, 0.6) is 0 Å². The normalized spacial score (nSPS) is 21.1. The number of allylic oxidation sites excluding steroid dienone is 6. The summed E-state index contributed by atoms with van der Waals surface area (Å²) in [7, 11) is 0. The van der Waals surface area contributed by atoms with Crippen LogP contribution in [0.25, 0.3) is 5.57 Å². The van der Waals surface area contributed by atoms with Crippen LogP contribution in [0.2, 0.25) is 0 Å². The average molecular weight is 291 g/mol. The third-order valence-corrected chi connectivity index (χ3v) is 4.32. The molecule has 3 rings (SSSR count). The summed E-state index contributed by atoms with van der Waals surface area (Å²) in [6, 6.07) is 9.16. The van der Waals surface area contributed by atoms with Crippen molar-refractivity contribution in [3.05, 3.63) is 77.5 Å². The molecule has 0 radical (unpaired) electrons. The van der Waals surface area contributed by atoms with Crippen LogP contribution in [0.1, 0.15) is 50.8 Å². The van der Waals surface area contributed by atoms with Gasteiger partial charge < -0.3 is 5.32 Å². The van der Waals surface area contributed by atoms with Gasteiger partial charge >= 0.3 is 0 Å². The third-order valence-electron chi connectivity index (χ3n) is 4.32. The first kappa shape index (κ1) is 14.9. The van der Waals surface area contributed by atoms with E-state index in [1.54, 1.807) is 0 Å². The van der Waals surface area contributed by atoms with E-state index in [0.717, 1.165) is 12.8 Å². The molecular formula is C21H25N. The Hall–Kier alpha value is -2.02. The maximum atomic E-state index is 3.47. The second-order valence-electron chi connectivity index (χ2n) is 7.11. The van der Waals surface area contributed by atoms with Crippen molar-refractivity contribution in [1.82, 2.24) is 5.32 Å². The quantitative estimate of drug-likeness (QED) is 0.753. The molecule has 1 unspecified atom stereocenters. The minimum Gasteiger partial charge on any atom is -0.381 e. The van der Waals surface area contributed by atoms with Gasteiger partial charge in [-0.1, -0.05) is 63.3 Å². The molecule has 1 heterocycles. The lowest BCUT2D eigenvalue weighted by Gasteiger charge is -2.27. The lowest BCUT2D eigenvalue weighted by Crippen LogP contribution is -2.20. The van der Waals surface area contributed by atoms with Gasteiger partial charge in [-0.05, 0) is 58.9 Å². The van der Waals surface area contributed by atoms with Gasteiger partial charge in [-0.15, -0.1) is 0 Å². The molecule has 114 valence electrons. The zero-order valence-electron chi connectivity index (χ0n) is 13.8. The van der Waals surface area contributed by atoms with Gasteiger partial charge in [-0.3, -0.25) is 0 Å². The van der Waals surface area contributed by atoms with Crippen LogP contribution in [0.3, 0.4) is 0 Å². The fraction of sp³-hybridized carbons (Fsp3) is 0.333. The first-order chi connectivity index (χ1) is 10.5. The molecule has 1 atom stereocenters. The van der Waals surface area contributed by atoms with Gasteiger partial charge in [0.05, 0.1) is 6.04 Å². The number of nitrogens with one attached hydrogen (secondary N) is 1. The molecule has 22 heavy (non-hydrogen) atoms. The third kappa shape index (κ3) is 3.24. The summed E-state index contributed by atoms with van der Waals surface area (Å²) in [5.74, 6) is 0. The Morgan fingerprint density at radius 1 is 1.09 bits per heavy atom. The Morgan fingerprint density at radius 3 is 2.68 bits per heavy atom. The molecule has 0 saturated heterocycles. The fourth-order valence-electron chi connectivity index (χ4n) is 2.96. The van der Waals surface area contributed by atoms with Gasteiger partial charge in [0.25, 0.3) is 0 Å². The van der Waals surface area contributed by atoms with E-state index in [-0.39, 0.29) is 11.5 Å². The van der Waals surface area contributed by atoms with Crippen LogP contribution in [0.15, 0.2) is 66.4 Å². The monoisotopic (exact) mass is 291 g/mol. The van der Waals surface area contributed by atoms with Crippen molar-refractivity contribution in [2.75, 3.05) is 0 Å². The summed E-state index contributed by atoms with van der Waals surface area (Å²) in [5.41, 5.74) is 5.56. The fourth-order valence-corrected chi connectivity index (χ4v) is 2.96. The highest BCUT2D eigenvalue weighted by atomic mass is 14.9. The van der Waals surface area contributed by atoms with E-state index in [1.807, 2.05) is 0 Å². The molecule has 1 aromatic carbocycles. The number of hydrogen-bond donors (Lipinski definition) is 1. The first-order valence-corrected chi connectivity index (χ1v) is 8.16.